The molecule has 0 unspecified atom stereocenters. The molecule has 128 valence electrons. The van der Waals surface area contributed by atoms with Crippen LogP contribution in [0.4, 0.5) is 5.13 Å². The summed E-state index contributed by atoms with van der Waals surface area (Å²) in [6, 6.07) is 12.7. The van der Waals surface area contributed by atoms with Crippen molar-refractivity contribution in [1.82, 2.24) is 4.98 Å². The van der Waals surface area contributed by atoms with Gasteiger partial charge in [0.2, 0.25) is 0 Å². The number of ether oxygens (including phenoxy) is 1. The average molecular weight is 393 g/mol. The minimum Gasteiger partial charge on any atom is -0.483 e. The quantitative estimate of drug-likeness (QED) is 0.628. The minimum atomic E-state index is -0.283. The van der Waals surface area contributed by atoms with Crippen molar-refractivity contribution >= 4 is 45.6 Å². The molecule has 0 fully saturated rings. The number of amides is 1. The third-order valence-electron chi connectivity index (χ3n) is 3.40. The van der Waals surface area contributed by atoms with Crippen molar-refractivity contribution in [3.05, 3.63) is 63.5 Å². The number of benzene rings is 2. The molecule has 0 bridgehead atoms. The highest BCUT2D eigenvalue weighted by Crippen LogP contribution is 2.30. The summed E-state index contributed by atoms with van der Waals surface area (Å²) in [6.07, 6.45) is 0. The number of aryl methyl sites for hydroxylation is 1. The number of hydrogen-bond acceptors (Lipinski definition) is 4. The molecular weight excluding hydrogens is 379 g/mol. The molecular formula is C18H14Cl2N2O2S. The molecule has 0 aliphatic heterocycles. The standard InChI is InChI=1S/C18H14Cl2N2O2S/c1-11-8-12(19)6-7-16(11)24-9-17(23)22-18-21-15(10-25-18)13-4-2-3-5-14(13)20/h2-8,10H,9H2,1H3,(H,21,22,23). The summed E-state index contributed by atoms with van der Waals surface area (Å²) in [4.78, 5) is 16.4. The number of anilines is 1. The maximum absolute atomic E-state index is 12.1. The monoisotopic (exact) mass is 392 g/mol. The second-order valence-corrected chi connectivity index (χ2v) is 6.97. The first kappa shape index (κ1) is 17.7. The molecule has 1 aromatic heterocycles. The van der Waals surface area contributed by atoms with Crippen molar-refractivity contribution < 1.29 is 9.53 Å². The Morgan fingerprint density at radius 3 is 2.80 bits per heavy atom. The Hall–Kier alpha value is -2.08. The number of aromatic nitrogens is 1. The highest BCUT2D eigenvalue weighted by Gasteiger charge is 2.11. The fourth-order valence-corrected chi connectivity index (χ4v) is 3.38. The summed E-state index contributed by atoms with van der Waals surface area (Å²) in [5, 5.41) is 6.32. The Kier molecular flexibility index (Phi) is 5.58. The zero-order valence-electron chi connectivity index (χ0n) is 13.3. The summed E-state index contributed by atoms with van der Waals surface area (Å²) in [7, 11) is 0. The normalized spacial score (nSPS) is 10.5. The molecule has 7 heteroatoms. The number of hydrogen-bond donors (Lipinski definition) is 1. The number of carbonyl (C=O) groups excluding carboxylic acids is 1. The van der Waals surface area contributed by atoms with E-state index in [0.717, 1.165) is 16.8 Å². The number of nitrogens with zero attached hydrogens (tertiary/aromatic N) is 1. The van der Waals surface area contributed by atoms with E-state index in [1.54, 1.807) is 24.3 Å². The lowest BCUT2D eigenvalue weighted by Crippen LogP contribution is -2.20. The van der Waals surface area contributed by atoms with Gasteiger partial charge in [-0.2, -0.15) is 0 Å². The van der Waals surface area contributed by atoms with Crippen molar-refractivity contribution in [3.63, 3.8) is 0 Å². The van der Waals surface area contributed by atoms with Crippen LogP contribution in [-0.2, 0) is 4.79 Å². The van der Waals surface area contributed by atoms with E-state index in [1.807, 2.05) is 30.5 Å². The van der Waals surface area contributed by atoms with Crippen LogP contribution in [-0.4, -0.2) is 17.5 Å². The predicted octanol–water partition coefficient (Wildman–Crippen LogP) is 5.44. The zero-order chi connectivity index (χ0) is 17.8. The Balaban J connectivity index is 1.61. The molecule has 1 amide bonds. The van der Waals surface area contributed by atoms with Gasteiger partial charge in [0.15, 0.2) is 11.7 Å². The van der Waals surface area contributed by atoms with Crippen LogP contribution in [0.3, 0.4) is 0 Å². The van der Waals surface area contributed by atoms with Crippen LogP contribution in [0.1, 0.15) is 5.56 Å². The number of carbonyl (C=O) groups is 1. The molecule has 3 rings (SSSR count). The fraction of sp³-hybridized carbons (Fsp3) is 0.111. The maximum Gasteiger partial charge on any atom is 0.264 e. The molecule has 0 aliphatic carbocycles. The smallest absolute Gasteiger partial charge is 0.264 e. The molecule has 0 saturated heterocycles. The molecule has 2 aromatic carbocycles. The van der Waals surface area contributed by atoms with Gasteiger partial charge in [0.1, 0.15) is 5.75 Å². The van der Waals surface area contributed by atoms with Gasteiger partial charge in [0.25, 0.3) is 5.91 Å². The van der Waals surface area contributed by atoms with Gasteiger partial charge in [-0.05, 0) is 36.8 Å². The highest BCUT2D eigenvalue weighted by atomic mass is 35.5. The highest BCUT2D eigenvalue weighted by molar-refractivity contribution is 7.14. The van der Waals surface area contributed by atoms with Gasteiger partial charge in [-0.25, -0.2) is 4.98 Å². The predicted molar refractivity (Wildman–Crippen MR) is 103 cm³/mol. The van der Waals surface area contributed by atoms with Gasteiger partial charge in [-0.15, -0.1) is 11.3 Å². The van der Waals surface area contributed by atoms with Gasteiger partial charge in [-0.3, -0.25) is 10.1 Å². The third kappa shape index (κ3) is 4.51. The van der Waals surface area contributed by atoms with Crippen molar-refractivity contribution in [2.75, 3.05) is 11.9 Å². The number of nitrogens with one attached hydrogen (secondary N) is 1. The van der Waals surface area contributed by atoms with Gasteiger partial charge in [-0.1, -0.05) is 41.4 Å². The van der Waals surface area contributed by atoms with E-state index in [9.17, 15) is 4.79 Å². The van der Waals surface area contributed by atoms with Crippen LogP contribution >= 0.6 is 34.5 Å². The van der Waals surface area contributed by atoms with E-state index in [-0.39, 0.29) is 12.5 Å². The first-order valence-electron chi connectivity index (χ1n) is 7.42. The van der Waals surface area contributed by atoms with E-state index >= 15 is 0 Å². The summed E-state index contributed by atoms with van der Waals surface area (Å²) >= 11 is 13.4. The van der Waals surface area contributed by atoms with Crippen LogP contribution in [0.25, 0.3) is 11.3 Å². The first-order valence-corrected chi connectivity index (χ1v) is 9.06. The van der Waals surface area contributed by atoms with Gasteiger partial charge in [0, 0.05) is 21.0 Å². The molecule has 0 spiro atoms. The van der Waals surface area contributed by atoms with E-state index in [1.165, 1.54) is 11.3 Å². The first-order chi connectivity index (χ1) is 12.0. The molecule has 4 nitrogen and oxygen atoms in total. The third-order valence-corrected chi connectivity index (χ3v) is 4.72. The second kappa shape index (κ2) is 7.87. The SMILES string of the molecule is Cc1cc(Cl)ccc1OCC(=O)Nc1nc(-c2ccccc2Cl)cs1. The summed E-state index contributed by atoms with van der Waals surface area (Å²) < 4.78 is 5.52. The Bertz CT molecular complexity index is 912. The molecule has 25 heavy (non-hydrogen) atoms. The molecule has 3 aromatic rings. The Labute approximate surface area is 159 Å². The van der Waals surface area contributed by atoms with E-state index in [0.29, 0.717) is 20.9 Å². The fourth-order valence-electron chi connectivity index (χ4n) is 2.20. The van der Waals surface area contributed by atoms with Gasteiger partial charge in [0.05, 0.1) is 5.69 Å². The maximum atomic E-state index is 12.1. The lowest BCUT2D eigenvalue weighted by molar-refractivity contribution is -0.118. The average Bonchev–Trinajstić information content (AvgIpc) is 3.02. The van der Waals surface area contributed by atoms with Crippen molar-refractivity contribution in [3.8, 4) is 17.0 Å². The Morgan fingerprint density at radius 2 is 2.04 bits per heavy atom. The minimum absolute atomic E-state index is 0.108. The molecule has 1 N–H and O–H groups in total. The summed E-state index contributed by atoms with van der Waals surface area (Å²) in [5.74, 6) is 0.338. The lowest BCUT2D eigenvalue weighted by atomic mass is 10.2. The van der Waals surface area contributed by atoms with Gasteiger partial charge < -0.3 is 4.74 Å². The van der Waals surface area contributed by atoms with Crippen LogP contribution in [0, 0.1) is 6.92 Å². The van der Waals surface area contributed by atoms with Crippen LogP contribution in [0.2, 0.25) is 10.0 Å². The van der Waals surface area contributed by atoms with Crippen LogP contribution in [0.5, 0.6) is 5.75 Å². The van der Waals surface area contributed by atoms with Crippen LogP contribution in [0.15, 0.2) is 47.8 Å². The number of thiazole rings is 1. The summed E-state index contributed by atoms with van der Waals surface area (Å²) in [5.41, 5.74) is 2.42. The van der Waals surface area contributed by atoms with Crippen LogP contribution < -0.4 is 10.1 Å². The summed E-state index contributed by atoms with van der Waals surface area (Å²) in [6.45, 7) is 1.76. The van der Waals surface area contributed by atoms with E-state index in [2.05, 4.69) is 10.3 Å². The molecule has 0 atom stereocenters. The molecule has 1 heterocycles. The van der Waals surface area contributed by atoms with Gasteiger partial charge >= 0.3 is 0 Å². The second-order valence-electron chi connectivity index (χ2n) is 5.26. The van der Waals surface area contributed by atoms with Crippen molar-refractivity contribution in [2.45, 2.75) is 6.92 Å². The van der Waals surface area contributed by atoms with Crippen molar-refractivity contribution in [2.24, 2.45) is 0 Å². The van der Waals surface area contributed by atoms with Crippen molar-refractivity contribution in [1.29, 1.82) is 0 Å². The molecule has 0 radical (unpaired) electrons. The number of halogens is 2. The Morgan fingerprint density at radius 1 is 1.24 bits per heavy atom. The molecule has 0 aliphatic rings. The molecule has 0 saturated carbocycles. The van der Waals surface area contributed by atoms with E-state index < -0.39 is 0 Å². The van der Waals surface area contributed by atoms with E-state index in [4.69, 9.17) is 27.9 Å². The largest absolute Gasteiger partial charge is 0.483 e. The number of rotatable bonds is 5. The lowest BCUT2D eigenvalue weighted by Gasteiger charge is -2.08. The topological polar surface area (TPSA) is 51.2 Å². The zero-order valence-corrected chi connectivity index (χ0v) is 15.6.